The number of thiazole rings is 1. The summed E-state index contributed by atoms with van der Waals surface area (Å²) in [4.78, 5) is 19.0. The highest BCUT2D eigenvalue weighted by molar-refractivity contribution is 7.10. The Bertz CT molecular complexity index is 1170. The second kappa shape index (κ2) is 9.30. The number of piperidine rings is 1. The molecule has 6 nitrogen and oxygen atoms in total. The Balaban J connectivity index is 1.20. The van der Waals surface area contributed by atoms with Crippen LogP contribution in [0.1, 0.15) is 42.4 Å². The first kappa shape index (κ1) is 21.0. The Kier molecular flexibility index (Phi) is 6.10. The number of benzene rings is 1. The number of para-hydroxylation sites is 1. The normalized spacial score (nSPS) is 16.8. The van der Waals surface area contributed by atoms with Crippen LogP contribution in [-0.4, -0.2) is 34.2 Å². The molecule has 8 heteroatoms. The predicted molar refractivity (Wildman–Crippen MR) is 125 cm³/mol. The third-order valence-corrected chi connectivity index (χ3v) is 7.03. The topological polar surface area (TPSA) is 68.5 Å². The highest BCUT2D eigenvalue weighted by Crippen LogP contribution is 2.34. The zero-order valence-corrected chi connectivity index (χ0v) is 18.9. The molecule has 0 spiro atoms. The summed E-state index contributed by atoms with van der Waals surface area (Å²) in [5.41, 5.74) is 2.66. The molecule has 1 aromatic carbocycles. The maximum atomic E-state index is 12.5. The molecular formula is C24H22ClN3O3S. The van der Waals surface area contributed by atoms with Crippen LogP contribution in [-0.2, 0) is 0 Å². The molecule has 1 aliphatic carbocycles. The first-order valence-electron chi connectivity index (χ1n) is 10.7. The number of hydrogen-bond acceptors (Lipinski definition) is 6. The van der Waals surface area contributed by atoms with Gasteiger partial charge in [0.05, 0.1) is 10.0 Å². The van der Waals surface area contributed by atoms with E-state index < -0.39 is 0 Å². The lowest BCUT2D eigenvalue weighted by molar-refractivity contribution is 0.138. The highest BCUT2D eigenvalue weighted by Gasteiger charge is 2.27. The summed E-state index contributed by atoms with van der Waals surface area (Å²) < 4.78 is 11.0. The Morgan fingerprint density at radius 3 is 2.81 bits per heavy atom. The Morgan fingerprint density at radius 2 is 2.03 bits per heavy atom. The van der Waals surface area contributed by atoms with Crippen LogP contribution in [0.25, 0.3) is 17.0 Å². The van der Waals surface area contributed by atoms with Crippen molar-refractivity contribution in [3.05, 3.63) is 69.7 Å². The number of ether oxygens (including phenoxy) is 1. The number of hydrogen-bond donors (Lipinski definition) is 0. The van der Waals surface area contributed by atoms with Crippen LogP contribution in [0.4, 0.5) is 4.79 Å². The summed E-state index contributed by atoms with van der Waals surface area (Å²) in [6, 6.07) is 8.95. The van der Waals surface area contributed by atoms with Crippen LogP contribution >= 0.6 is 22.9 Å². The molecule has 1 amide bonds. The minimum absolute atomic E-state index is 0.313. The van der Waals surface area contributed by atoms with Gasteiger partial charge in [-0.15, -0.1) is 11.3 Å². The van der Waals surface area contributed by atoms with Crippen molar-refractivity contribution < 1.29 is 14.1 Å². The van der Waals surface area contributed by atoms with Crippen molar-refractivity contribution in [2.45, 2.75) is 31.6 Å². The summed E-state index contributed by atoms with van der Waals surface area (Å²) in [6.45, 7) is 1.24. The van der Waals surface area contributed by atoms with Crippen molar-refractivity contribution >= 4 is 34.6 Å². The van der Waals surface area contributed by atoms with Crippen LogP contribution < -0.4 is 4.74 Å². The molecular weight excluding hydrogens is 446 g/mol. The van der Waals surface area contributed by atoms with Crippen molar-refractivity contribution in [2.75, 3.05) is 13.1 Å². The second-order valence-electron chi connectivity index (χ2n) is 7.85. The third kappa shape index (κ3) is 4.49. The van der Waals surface area contributed by atoms with Crippen LogP contribution in [0.2, 0.25) is 5.02 Å². The van der Waals surface area contributed by atoms with Crippen molar-refractivity contribution in [1.82, 2.24) is 15.0 Å². The number of carbonyl (C=O) groups excluding carboxylic acids is 1. The fourth-order valence-corrected chi connectivity index (χ4v) is 5.08. The first-order valence-corrected chi connectivity index (χ1v) is 11.9. The fourth-order valence-electron chi connectivity index (χ4n) is 3.92. The van der Waals surface area contributed by atoms with Gasteiger partial charge < -0.3 is 14.2 Å². The van der Waals surface area contributed by atoms with Gasteiger partial charge in [0, 0.05) is 36.0 Å². The average molecular weight is 468 g/mol. The third-order valence-electron chi connectivity index (χ3n) is 5.71. The molecule has 0 atom stereocenters. The van der Waals surface area contributed by atoms with Crippen molar-refractivity contribution in [1.29, 1.82) is 0 Å². The minimum atomic E-state index is -0.363. The minimum Gasteiger partial charge on any atom is -0.409 e. The zero-order valence-electron chi connectivity index (χ0n) is 17.4. The molecule has 0 N–H and O–H groups in total. The lowest BCUT2D eigenvalue weighted by Gasteiger charge is -2.30. The number of carbonyl (C=O) groups is 1. The van der Waals surface area contributed by atoms with Gasteiger partial charge in [-0.05, 0) is 37.8 Å². The van der Waals surface area contributed by atoms with Gasteiger partial charge >= 0.3 is 6.09 Å². The number of nitrogens with zero attached hydrogens (tertiary/aromatic N) is 3. The molecule has 1 fully saturated rings. The fraction of sp³-hybridized carbons (Fsp3) is 0.292. The molecule has 3 aromatic rings. The van der Waals surface area contributed by atoms with Gasteiger partial charge in [0.1, 0.15) is 11.4 Å². The summed E-state index contributed by atoms with van der Waals surface area (Å²) in [6.07, 6.45) is 9.79. The highest BCUT2D eigenvalue weighted by atomic mass is 35.5. The second-order valence-corrected chi connectivity index (χ2v) is 9.14. The summed E-state index contributed by atoms with van der Waals surface area (Å²) >= 11 is 7.72. The van der Waals surface area contributed by atoms with Crippen molar-refractivity contribution in [3.63, 3.8) is 0 Å². The van der Waals surface area contributed by atoms with E-state index in [-0.39, 0.29) is 6.09 Å². The standard InChI is InChI=1S/C24H22ClN3O3S/c25-18-8-4-5-9-21(18)30-24(29)28-12-10-17(11-13-28)23-26-20(15-32-23)19-14-22(31-27-19)16-6-2-1-3-7-16/h2,4-9,14-15,17H,1,3,10-13H2. The number of rotatable bonds is 4. The summed E-state index contributed by atoms with van der Waals surface area (Å²) in [5.74, 6) is 1.47. The predicted octanol–water partition coefficient (Wildman–Crippen LogP) is 6.56. The molecule has 1 aliphatic heterocycles. The molecule has 164 valence electrons. The van der Waals surface area contributed by atoms with Gasteiger partial charge in [-0.2, -0.15) is 0 Å². The van der Waals surface area contributed by atoms with E-state index in [1.165, 1.54) is 0 Å². The van der Waals surface area contributed by atoms with Gasteiger partial charge in [-0.25, -0.2) is 9.78 Å². The summed E-state index contributed by atoms with van der Waals surface area (Å²) in [7, 11) is 0. The molecule has 32 heavy (non-hydrogen) atoms. The van der Waals surface area contributed by atoms with Crippen LogP contribution in [0.15, 0.2) is 58.5 Å². The molecule has 0 saturated carbocycles. The number of likely N-dealkylation sites (tertiary alicyclic amines) is 1. The number of halogens is 1. The zero-order chi connectivity index (χ0) is 21.9. The van der Waals surface area contributed by atoms with E-state index in [1.807, 2.05) is 11.4 Å². The van der Waals surface area contributed by atoms with Gasteiger partial charge in [0.25, 0.3) is 0 Å². The molecule has 0 unspecified atom stereocenters. The monoisotopic (exact) mass is 467 g/mol. The number of amides is 1. The molecule has 0 radical (unpaired) electrons. The van der Waals surface area contributed by atoms with Crippen LogP contribution in [0.5, 0.6) is 5.75 Å². The maximum absolute atomic E-state index is 12.5. The van der Waals surface area contributed by atoms with Crippen molar-refractivity contribution in [3.8, 4) is 17.1 Å². The Hall–Kier alpha value is -2.90. The Labute approximate surface area is 195 Å². The number of allylic oxidation sites excluding steroid dienone is 4. The molecule has 1 saturated heterocycles. The molecule has 2 aliphatic rings. The van der Waals surface area contributed by atoms with E-state index in [9.17, 15) is 4.79 Å². The largest absolute Gasteiger partial charge is 0.415 e. The van der Waals surface area contributed by atoms with Gasteiger partial charge in [-0.1, -0.05) is 47.1 Å². The van der Waals surface area contributed by atoms with E-state index in [0.29, 0.717) is 29.8 Å². The van der Waals surface area contributed by atoms with E-state index in [0.717, 1.165) is 53.4 Å². The molecule has 0 bridgehead atoms. The van der Waals surface area contributed by atoms with Crippen molar-refractivity contribution in [2.24, 2.45) is 0 Å². The Morgan fingerprint density at radius 1 is 1.19 bits per heavy atom. The molecule has 2 aromatic heterocycles. The quantitative estimate of drug-likeness (QED) is 0.434. The lowest BCUT2D eigenvalue weighted by Crippen LogP contribution is -2.39. The van der Waals surface area contributed by atoms with E-state index >= 15 is 0 Å². The average Bonchev–Trinajstić information content (AvgIpc) is 3.51. The lowest BCUT2D eigenvalue weighted by atomic mass is 9.98. The number of aromatic nitrogens is 2. The smallest absolute Gasteiger partial charge is 0.409 e. The first-order chi connectivity index (χ1) is 15.7. The molecule has 5 rings (SSSR count). The van der Waals surface area contributed by atoms with E-state index in [2.05, 4.69) is 23.4 Å². The summed E-state index contributed by atoms with van der Waals surface area (Å²) in [5, 5.41) is 7.74. The van der Waals surface area contributed by atoms with Gasteiger partial charge in [-0.3, -0.25) is 0 Å². The molecule has 3 heterocycles. The maximum Gasteiger partial charge on any atom is 0.415 e. The van der Waals surface area contributed by atoms with Crippen LogP contribution in [0.3, 0.4) is 0 Å². The van der Waals surface area contributed by atoms with E-state index in [1.54, 1.807) is 40.5 Å². The van der Waals surface area contributed by atoms with Gasteiger partial charge in [0.2, 0.25) is 0 Å². The van der Waals surface area contributed by atoms with Gasteiger partial charge in [0.15, 0.2) is 11.5 Å². The van der Waals surface area contributed by atoms with E-state index in [4.69, 9.17) is 25.8 Å². The SMILES string of the molecule is O=C(Oc1ccccc1Cl)N1CCC(c2nc(-c3cc(C4=CCCC=C4)on3)cs2)CC1. The van der Waals surface area contributed by atoms with Crippen LogP contribution in [0, 0.1) is 0 Å².